The molecule has 0 saturated carbocycles. The molecule has 0 fully saturated rings. The Morgan fingerprint density at radius 2 is 1.93 bits per heavy atom. The molecule has 3 aromatic rings. The van der Waals surface area contributed by atoms with Gasteiger partial charge in [0.2, 0.25) is 16.0 Å². The van der Waals surface area contributed by atoms with Gasteiger partial charge in [0.15, 0.2) is 0 Å². The average Bonchev–Trinajstić information content (AvgIpc) is 2.63. The van der Waals surface area contributed by atoms with Crippen molar-refractivity contribution in [3.05, 3.63) is 59.3 Å². The number of aliphatic hydroxyl groups is 1. The van der Waals surface area contributed by atoms with Gasteiger partial charge in [0.05, 0.1) is 16.0 Å². The van der Waals surface area contributed by atoms with Gasteiger partial charge in [0.25, 0.3) is 0 Å². The molecule has 0 radical (unpaired) electrons. The van der Waals surface area contributed by atoms with E-state index in [1.807, 2.05) is 0 Å². The number of fused-ring (bicyclic) bond motifs is 1. The Bertz CT molecular complexity index is 1130. The molecule has 0 aliphatic rings. The molecule has 0 bridgehead atoms. The van der Waals surface area contributed by atoms with Crippen molar-refractivity contribution in [3.8, 4) is 0 Å². The van der Waals surface area contributed by atoms with E-state index in [9.17, 15) is 8.42 Å². The molecule has 8 nitrogen and oxygen atoms in total. The number of nitrogens with one attached hydrogen (secondary N) is 2. The maximum absolute atomic E-state index is 11.8. The van der Waals surface area contributed by atoms with E-state index in [1.165, 1.54) is 6.07 Å². The minimum atomic E-state index is -3.86. The second kappa shape index (κ2) is 7.61. The molecule has 5 N–H and O–H groups in total. The van der Waals surface area contributed by atoms with Crippen molar-refractivity contribution in [2.24, 2.45) is 5.14 Å². The molecule has 0 unspecified atom stereocenters. The fourth-order valence-electron chi connectivity index (χ4n) is 2.48. The summed E-state index contributed by atoms with van der Waals surface area (Å²) in [6.07, 6.45) is 1.54. The van der Waals surface area contributed by atoms with Crippen LogP contribution in [0.3, 0.4) is 0 Å². The lowest BCUT2D eigenvalue weighted by Crippen LogP contribution is -2.12. The van der Waals surface area contributed by atoms with Gasteiger partial charge in [-0.25, -0.2) is 18.5 Å². The number of hydrogen-bond acceptors (Lipinski definition) is 7. The molecule has 3 rings (SSSR count). The largest absolute Gasteiger partial charge is 0.390 e. The number of hydrogen-bond donors (Lipinski definition) is 4. The fraction of sp³-hybridized carbons (Fsp3) is 0.0588. The van der Waals surface area contributed by atoms with Crippen molar-refractivity contribution in [1.82, 2.24) is 9.97 Å². The molecule has 140 valence electrons. The molecule has 0 aliphatic heterocycles. The molecule has 0 spiro atoms. The number of primary sulfonamides is 1. The molecular weight excluding hydrogens is 434 g/mol. The lowest BCUT2D eigenvalue weighted by Gasteiger charge is -2.13. The van der Waals surface area contributed by atoms with E-state index in [-0.39, 0.29) is 17.5 Å². The van der Waals surface area contributed by atoms with Crippen LogP contribution in [0, 0.1) is 0 Å². The molecule has 0 saturated heterocycles. The predicted octanol–water partition coefficient (Wildman–Crippen LogP) is 2.70. The summed E-state index contributed by atoms with van der Waals surface area (Å²) >= 11 is 3.33. The Hall–Kier alpha value is -2.53. The maximum Gasteiger partial charge on any atom is 0.238 e. The number of halogens is 1. The minimum absolute atomic E-state index is 0.0435. The van der Waals surface area contributed by atoms with Crippen LogP contribution in [0.5, 0.6) is 0 Å². The Kier molecular flexibility index (Phi) is 5.42. The normalized spacial score (nSPS) is 11.4. The van der Waals surface area contributed by atoms with E-state index in [0.29, 0.717) is 32.4 Å². The molecule has 2 aromatic carbocycles. The second-order valence-corrected chi connectivity index (χ2v) is 7.99. The fourth-order valence-corrected chi connectivity index (χ4v) is 3.52. The predicted molar refractivity (Wildman–Crippen MR) is 108 cm³/mol. The van der Waals surface area contributed by atoms with Crippen LogP contribution in [-0.2, 0) is 10.0 Å². The molecule has 0 amide bonds. The quantitative estimate of drug-likeness (QED) is 0.454. The lowest BCUT2D eigenvalue weighted by atomic mass is 10.1. The summed E-state index contributed by atoms with van der Waals surface area (Å²) in [6.45, 7) is 3.43. The van der Waals surface area contributed by atoms with E-state index in [2.05, 4.69) is 43.1 Å². The zero-order chi connectivity index (χ0) is 19.6. The van der Waals surface area contributed by atoms with E-state index < -0.39 is 10.0 Å². The third-order valence-electron chi connectivity index (χ3n) is 3.67. The zero-order valence-corrected chi connectivity index (χ0v) is 16.4. The highest BCUT2D eigenvalue weighted by Crippen LogP contribution is 2.30. The number of anilines is 3. The van der Waals surface area contributed by atoms with Crippen molar-refractivity contribution < 1.29 is 13.5 Å². The first kappa shape index (κ1) is 19.2. The molecule has 10 heteroatoms. The standard InChI is InChI=1S/C17H16BrN5O3S/c1-10(9-24)21-16-13(18)8-20-17(23-16)22-14-6-2-5-12-11(14)4-3-7-15(12)27(19,25)26/h2-8,24H,1,9H2,(H2,19,25,26)(H2,20,21,22,23). The van der Waals surface area contributed by atoms with Gasteiger partial charge in [-0.15, -0.1) is 0 Å². The number of aromatic nitrogens is 2. The summed E-state index contributed by atoms with van der Waals surface area (Å²) in [5.41, 5.74) is 0.996. The first-order chi connectivity index (χ1) is 12.8. The van der Waals surface area contributed by atoms with Crippen molar-refractivity contribution in [1.29, 1.82) is 0 Å². The summed E-state index contributed by atoms with van der Waals surface area (Å²) in [5.74, 6) is 0.706. The highest BCUT2D eigenvalue weighted by Gasteiger charge is 2.14. The number of nitrogens with zero attached hydrogens (tertiary/aromatic N) is 2. The van der Waals surface area contributed by atoms with Crippen LogP contribution in [0.1, 0.15) is 0 Å². The van der Waals surface area contributed by atoms with Gasteiger partial charge >= 0.3 is 0 Å². The van der Waals surface area contributed by atoms with Crippen LogP contribution in [0.4, 0.5) is 17.5 Å². The minimum Gasteiger partial charge on any atom is -0.390 e. The summed E-state index contributed by atoms with van der Waals surface area (Å²) in [6, 6.07) is 10.0. The topological polar surface area (TPSA) is 130 Å². The number of aliphatic hydroxyl groups excluding tert-OH is 1. The number of rotatable bonds is 6. The van der Waals surface area contributed by atoms with E-state index >= 15 is 0 Å². The van der Waals surface area contributed by atoms with Gasteiger partial charge in [-0.3, -0.25) is 0 Å². The third kappa shape index (κ3) is 4.25. The smallest absolute Gasteiger partial charge is 0.238 e. The van der Waals surface area contributed by atoms with Crippen LogP contribution < -0.4 is 15.8 Å². The summed E-state index contributed by atoms with van der Waals surface area (Å²) < 4.78 is 24.2. The van der Waals surface area contributed by atoms with Crippen molar-refractivity contribution in [3.63, 3.8) is 0 Å². The van der Waals surface area contributed by atoms with E-state index in [1.54, 1.807) is 36.5 Å². The van der Waals surface area contributed by atoms with Gasteiger partial charge in [0, 0.05) is 28.4 Å². The summed E-state index contributed by atoms with van der Waals surface area (Å²) in [5, 5.41) is 21.5. The van der Waals surface area contributed by atoms with Crippen molar-refractivity contribution in [2.75, 3.05) is 17.2 Å². The van der Waals surface area contributed by atoms with E-state index in [0.717, 1.165) is 0 Å². The van der Waals surface area contributed by atoms with Crippen LogP contribution in [0.25, 0.3) is 10.8 Å². The highest BCUT2D eigenvalue weighted by molar-refractivity contribution is 9.10. The number of benzene rings is 2. The van der Waals surface area contributed by atoms with Gasteiger partial charge < -0.3 is 15.7 Å². The highest BCUT2D eigenvalue weighted by atomic mass is 79.9. The van der Waals surface area contributed by atoms with Crippen molar-refractivity contribution in [2.45, 2.75) is 4.90 Å². The lowest BCUT2D eigenvalue weighted by molar-refractivity contribution is 0.333. The van der Waals surface area contributed by atoms with Gasteiger partial charge in [0.1, 0.15) is 5.82 Å². The van der Waals surface area contributed by atoms with Crippen molar-refractivity contribution >= 4 is 54.2 Å². The van der Waals surface area contributed by atoms with Gasteiger partial charge in [-0.2, -0.15) is 4.98 Å². The van der Waals surface area contributed by atoms with Gasteiger partial charge in [-0.1, -0.05) is 30.8 Å². The zero-order valence-electron chi connectivity index (χ0n) is 14.0. The summed E-state index contributed by atoms with van der Waals surface area (Å²) in [7, 11) is -3.86. The Balaban J connectivity index is 2.03. The van der Waals surface area contributed by atoms with Gasteiger partial charge in [-0.05, 0) is 28.1 Å². The molecular formula is C17H16BrN5O3S. The first-order valence-corrected chi connectivity index (χ1v) is 10.0. The Morgan fingerprint density at radius 3 is 2.63 bits per heavy atom. The first-order valence-electron chi connectivity index (χ1n) is 7.69. The molecule has 1 heterocycles. The molecule has 0 atom stereocenters. The molecule has 0 aliphatic carbocycles. The number of sulfonamides is 1. The number of nitrogens with two attached hydrogens (primary N) is 1. The van der Waals surface area contributed by atoms with Crippen LogP contribution >= 0.6 is 15.9 Å². The average molecular weight is 450 g/mol. The molecule has 27 heavy (non-hydrogen) atoms. The Labute approximate surface area is 164 Å². The monoisotopic (exact) mass is 449 g/mol. The summed E-state index contributed by atoms with van der Waals surface area (Å²) in [4.78, 5) is 8.58. The molecule has 1 aromatic heterocycles. The Morgan fingerprint density at radius 1 is 1.22 bits per heavy atom. The van der Waals surface area contributed by atoms with Crippen LogP contribution in [0.2, 0.25) is 0 Å². The van der Waals surface area contributed by atoms with E-state index in [4.69, 9.17) is 10.2 Å². The van der Waals surface area contributed by atoms with Crippen LogP contribution in [0.15, 0.2) is 64.2 Å². The third-order valence-corrected chi connectivity index (χ3v) is 5.21. The van der Waals surface area contributed by atoms with Crippen LogP contribution in [-0.4, -0.2) is 30.1 Å². The second-order valence-electron chi connectivity index (χ2n) is 5.60. The maximum atomic E-state index is 11.8. The SMILES string of the molecule is C=C(CO)Nc1nc(Nc2cccc3c(S(N)(=O)=O)cccc23)ncc1Br.